The van der Waals surface area contributed by atoms with Crippen molar-refractivity contribution in [2.24, 2.45) is 5.92 Å². The van der Waals surface area contributed by atoms with Gasteiger partial charge in [0.15, 0.2) is 0 Å². The normalized spacial score (nSPS) is 32.1. The summed E-state index contributed by atoms with van der Waals surface area (Å²) in [7, 11) is 0. The fraction of sp³-hybridized carbons (Fsp3) is 0.600. The third kappa shape index (κ3) is 1.23. The molecule has 1 aromatic rings. The van der Waals surface area contributed by atoms with Crippen LogP contribution in [0, 0.1) is 5.92 Å². The Morgan fingerprint density at radius 2 is 2.38 bits per heavy atom. The molecular weight excluding hydrogens is 208 g/mol. The van der Waals surface area contributed by atoms with Crippen LogP contribution in [-0.4, -0.2) is 45.4 Å². The highest BCUT2D eigenvalue weighted by atomic mass is 16.4. The van der Waals surface area contributed by atoms with Crippen LogP contribution in [0.3, 0.4) is 0 Å². The van der Waals surface area contributed by atoms with Gasteiger partial charge < -0.3 is 15.7 Å². The number of anilines is 1. The molecule has 3 N–H and O–H groups in total. The number of carboxylic acids is 1. The molecule has 86 valence electrons. The highest BCUT2D eigenvalue weighted by molar-refractivity contribution is 5.92. The lowest BCUT2D eigenvalue weighted by Gasteiger charge is -2.23. The van der Waals surface area contributed by atoms with Gasteiger partial charge in [-0.15, -0.1) is 0 Å². The first-order valence-corrected chi connectivity index (χ1v) is 5.45. The van der Waals surface area contributed by atoms with Gasteiger partial charge in [-0.05, 0) is 18.9 Å². The third-order valence-corrected chi connectivity index (χ3v) is 3.68. The molecule has 2 aliphatic rings. The lowest BCUT2D eigenvalue weighted by Crippen LogP contribution is -2.27. The molecule has 0 amide bonds. The zero-order valence-electron chi connectivity index (χ0n) is 8.83. The van der Waals surface area contributed by atoms with E-state index >= 15 is 0 Å². The lowest BCUT2D eigenvalue weighted by molar-refractivity contribution is 0.0698. The van der Waals surface area contributed by atoms with E-state index in [0.717, 1.165) is 26.1 Å². The number of aromatic nitrogens is 2. The molecule has 3 atom stereocenters. The van der Waals surface area contributed by atoms with E-state index in [1.807, 2.05) is 0 Å². The predicted molar refractivity (Wildman–Crippen MR) is 57.2 cm³/mol. The summed E-state index contributed by atoms with van der Waals surface area (Å²) in [5, 5.41) is 13.0. The quantitative estimate of drug-likeness (QED) is 0.738. The summed E-state index contributed by atoms with van der Waals surface area (Å²) in [6.07, 6.45) is 2.51. The summed E-state index contributed by atoms with van der Waals surface area (Å²) in [5.74, 6) is -0.151. The largest absolute Gasteiger partial charge is 0.477 e. The molecule has 0 saturated carbocycles. The SMILES string of the molecule is Nc1c(C(=O)O)cnn1C1CN2CC[C@H]1C2. The molecule has 0 radical (unpaired) electrons. The number of hydrogen-bond acceptors (Lipinski definition) is 4. The van der Waals surface area contributed by atoms with Gasteiger partial charge in [-0.25, -0.2) is 9.48 Å². The van der Waals surface area contributed by atoms with Crippen molar-refractivity contribution in [3.8, 4) is 0 Å². The van der Waals surface area contributed by atoms with Crippen LogP contribution < -0.4 is 5.73 Å². The number of carboxylic acid groups (broad SMARTS) is 1. The van der Waals surface area contributed by atoms with Crippen molar-refractivity contribution in [3.05, 3.63) is 11.8 Å². The molecule has 0 aliphatic carbocycles. The van der Waals surface area contributed by atoms with Crippen LogP contribution in [-0.2, 0) is 0 Å². The molecule has 0 spiro atoms. The predicted octanol–water partition coefficient (Wildman–Crippen LogP) is 0.0401. The van der Waals surface area contributed by atoms with Crippen molar-refractivity contribution in [1.82, 2.24) is 14.7 Å². The van der Waals surface area contributed by atoms with Gasteiger partial charge in [-0.3, -0.25) is 0 Å². The number of nitrogens with two attached hydrogens (primary N) is 1. The first-order valence-electron chi connectivity index (χ1n) is 5.45. The van der Waals surface area contributed by atoms with Crippen molar-refractivity contribution >= 4 is 11.8 Å². The minimum absolute atomic E-state index is 0.109. The van der Waals surface area contributed by atoms with Crippen molar-refractivity contribution in [2.45, 2.75) is 12.5 Å². The van der Waals surface area contributed by atoms with Crippen molar-refractivity contribution in [2.75, 3.05) is 25.4 Å². The van der Waals surface area contributed by atoms with E-state index in [9.17, 15) is 4.79 Å². The molecule has 3 heterocycles. The van der Waals surface area contributed by atoms with E-state index in [4.69, 9.17) is 10.8 Å². The summed E-state index contributed by atoms with van der Waals surface area (Å²) in [6, 6.07) is 0.252. The molecule has 16 heavy (non-hydrogen) atoms. The summed E-state index contributed by atoms with van der Waals surface area (Å²) >= 11 is 0. The number of carbonyl (C=O) groups is 1. The first-order chi connectivity index (χ1) is 7.66. The van der Waals surface area contributed by atoms with Crippen LogP contribution in [0.2, 0.25) is 0 Å². The van der Waals surface area contributed by atoms with Gasteiger partial charge in [0.25, 0.3) is 0 Å². The van der Waals surface area contributed by atoms with E-state index < -0.39 is 5.97 Å². The zero-order valence-corrected chi connectivity index (χ0v) is 8.83. The second-order valence-corrected chi connectivity index (χ2v) is 4.57. The van der Waals surface area contributed by atoms with E-state index in [2.05, 4.69) is 10.00 Å². The van der Waals surface area contributed by atoms with Crippen LogP contribution in [0.4, 0.5) is 5.82 Å². The number of nitrogen functional groups attached to an aromatic ring is 1. The Kier molecular flexibility index (Phi) is 1.94. The topological polar surface area (TPSA) is 84.4 Å². The molecular formula is C10H14N4O2. The van der Waals surface area contributed by atoms with Gasteiger partial charge in [-0.2, -0.15) is 5.10 Å². The standard InChI is InChI=1S/C10H14N4O2/c11-9-7(10(15)16)3-12-14(9)8-5-13-2-1-6(8)4-13/h3,6,8H,1-2,4-5,11H2,(H,15,16)/t6-,8?/m0/s1. The highest BCUT2D eigenvalue weighted by Gasteiger charge is 2.40. The summed E-state index contributed by atoms with van der Waals surface area (Å²) in [5.41, 5.74) is 5.93. The molecule has 2 fully saturated rings. The summed E-state index contributed by atoms with van der Waals surface area (Å²) in [4.78, 5) is 13.2. The Hall–Kier alpha value is -1.56. The maximum absolute atomic E-state index is 10.9. The average Bonchev–Trinajstić information content (AvgIpc) is 2.90. The van der Waals surface area contributed by atoms with Gasteiger partial charge >= 0.3 is 5.97 Å². The number of rotatable bonds is 2. The average molecular weight is 222 g/mol. The fourth-order valence-corrected chi connectivity index (χ4v) is 2.83. The Morgan fingerprint density at radius 1 is 1.56 bits per heavy atom. The van der Waals surface area contributed by atoms with Crippen LogP contribution in [0.1, 0.15) is 22.8 Å². The number of fused-ring (bicyclic) bond motifs is 2. The Labute approximate surface area is 92.6 Å². The maximum atomic E-state index is 10.9. The van der Waals surface area contributed by atoms with E-state index in [0.29, 0.717) is 5.92 Å². The fourth-order valence-electron chi connectivity index (χ4n) is 2.83. The molecule has 6 heteroatoms. The van der Waals surface area contributed by atoms with Crippen LogP contribution >= 0.6 is 0 Å². The first kappa shape index (κ1) is 9.65. The number of nitrogens with zero attached hydrogens (tertiary/aromatic N) is 3. The molecule has 2 aliphatic heterocycles. The van der Waals surface area contributed by atoms with Gasteiger partial charge in [0.1, 0.15) is 11.4 Å². The van der Waals surface area contributed by atoms with Crippen molar-refractivity contribution in [3.63, 3.8) is 0 Å². The molecule has 2 unspecified atom stereocenters. The summed E-state index contributed by atoms with van der Waals surface area (Å²) in [6.45, 7) is 3.18. The minimum Gasteiger partial charge on any atom is -0.477 e. The Morgan fingerprint density at radius 3 is 2.88 bits per heavy atom. The van der Waals surface area contributed by atoms with E-state index in [1.165, 1.54) is 6.20 Å². The molecule has 2 saturated heterocycles. The van der Waals surface area contributed by atoms with Gasteiger partial charge in [-0.1, -0.05) is 0 Å². The van der Waals surface area contributed by atoms with E-state index in [-0.39, 0.29) is 17.4 Å². The molecule has 1 aromatic heterocycles. The van der Waals surface area contributed by atoms with Crippen LogP contribution in [0.15, 0.2) is 6.20 Å². The second kappa shape index (κ2) is 3.21. The smallest absolute Gasteiger partial charge is 0.341 e. The highest BCUT2D eigenvalue weighted by Crippen LogP contribution is 2.37. The Balaban J connectivity index is 1.93. The van der Waals surface area contributed by atoms with Gasteiger partial charge in [0, 0.05) is 13.1 Å². The van der Waals surface area contributed by atoms with E-state index in [1.54, 1.807) is 4.68 Å². The van der Waals surface area contributed by atoms with Crippen LogP contribution in [0.5, 0.6) is 0 Å². The van der Waals surface area contributed by atoms with Gasteiger partial charge in [0.2, 0.25) is 0 Å². The molecule has 0 aromatic carbocycles. The molecule has 2 bridgehead atoms. The number of aromatic carboxylic acids is 1. The summed E-state index contributed by atoms with van der Waals surface area (Å²) < 4.78 is 1.69. The zero-order chi connectivity index (χ0) is 11.3. The second-order valence-electron chi connectivity index (χ2n) is 4.57. The van der Waals surface area contributed by atoms with Crippen LogP contribution in [0.25, 0.3) is 0 Å². The minimum atomic E-state index is -1.01. The van der Waals surface area contributed by atoms with Gasteiger partial charge in [0.05, 0.1) is 12.2 Å². The monoisotopic (exact) mass is 222 g/mol. The maximum Gasteiger partial charge on any atom is 0.341 e. The molecule has 3 rings (SSSR count). The van der Waals surface area contributed by atoms with Crippen molar-refractivity contribution in [1.29, 1.82) is 0 Å². The number of hydrogen-bond donors (Lipinski definition) is 2. The number of piperidine rings is 1. The van der Waals surface area contributed by atoms with Crippen molar-refractivity contribution < 1.29 is 9.90 Å². The third-order valence-electron chi connectivity index (χ3n) is 3.68. The Bertz CT molecular complexity index is 442. The lowest BCUT2D eigenvalue weighted by atomic mass is 10.0. The molecule has 6 nitrogen and oxygen atoms in total.